The largest absolute Gasteiger partial charge is 0.396 e. The number of rotatable bonds is 6. The van der Waals surface area contributed by atoms with Crippen molar-refractivity contribution in [1.29, 1.82) is 0 Å². The van der Waals surface area contributed by atoms with Crippen LogP contribution in [0, 0.1) is 0 Å². The van der Waals surface area contributed by atoms with Crippen molar-refractivity contribution in [2.45, 2.75) is 39.8 Å². The fourth-order valence-corrected chi connectivity index (χ4v) is 2.55. The van der Waals surface area contributed by atoms with Gasteiger partial charge in [0.1, 0.15) is 0 Å². The van der Waals surface area contributed by atoms with Gasteiger partial charge in [-0.3, -0.25) is 9.88 Å². The highest BCUT2D eigenvalue weighted by Gasteiger charge is 2.13. The molecule has 0 radical (unpaired) electrons. The van der Waals surface area contributed by atoms with E-state index in [0.29, 0.717) is 17.8 Å². The van der Waals surface area contributed by atoms with E-state index in [1.54, 1.807) is 12.4 Å². The van der Waals surface area contributed by atoms with Crippen molar-refractivity contribution >= 4 is 27.3 Å². The Hall–Kier alpha value is -0.810. The minimum atomic E-state index is 0.546. The molecule has 5 heteroatoms. The zero-order valence-corrected chi connectivity index (χ0v) is 13.2. The number of anilines is 2. The molecule has 1 aromatic heterocycles. The molecule has 0 amide bonds. The van der Waals surface area contributed by atoms with Crippen molar-refractivity contribution in [3.05, 3.63) is 16.9 Å². The van der Waals surface area contributed by atoms with Gasteiger partial charge < -0.3 is 11.1 Å². The summed E-state index contributed by atoms with van der Waals surface area (Å²) in [5.41, 5.74) is 7.49. The molecular weight excluding hydrogens is 292 g/mol. The molecule has 1 aromatic rings. The second kappa shape index (κ2) is 6.95. The maximum absolute atomic E-state index is 5.89. The standard InChI is InChI=1S/C13H23BrN4/c1-9(2)18(10(3)4)6-5-17-13-11(14)7-16-8-12(13)15/h7-10H,5-6,15H2,1-4H3,(H,16,17). The van der Waals surface area contributed by atoms with Gasteiger partial charge in [0.15, 0.2) is 0 Å². The highest BCUT2D eigenvalue weighted by Crippen LogP contribution is 2.26. The molecule has 0 aliphatic rings. The monoisotopic (exact) mass is 314 g/mol. The van der Waals surface area contributed by atoms with Crippen LogP contribution in [0.2, 0.25) is 0 Å². The van der Waals surface area contributed by atoms with Crippen molar-refractivity contribution < 1.29 is 0 Å². The SMILES string of the molecule is CC(C)N(CCNc1c(N)cncc1Br)C(C)C. The van der Waals surface area contributed by atoms with Crippen LogP contribution in [0.3, 0.4) is 0 Å². The summed E-state index contributed by atoms with van der Waals surface area (Å²) in [6.07, 6.45) is 3.41. The Morgan fingerprint density at radius 1 is 1.28 bits per heavy atom. The van der Waals surface area contributed by atoms with Gasteiger partial charge in [0.05, 0.1) is 22.0 Å². The molecule has 0 spiro atoms. The van der Waals surface area contributed by atoms with E-state index in [1.807, 2.05) is 0 Å². The van der Waals surface area contributed by atoms with E-state index in [4.69, 9.17) is 5.73 Å². The van der Waals surface area contributed by atoms with Gasteiger partial charge in [-0.15, -0.1) is 0 Å². The number of nitrogen functional groups attached to an aromatic ring is 1. The predicted molar refractivity (Wildman–Crippen MR) is 81.8 cm³/mol. The quantitative estimate of drug-likeness (QED) is 0.847. The average molecular weight is 315 g/mol. The molecule has 0 unspecified atom stereocenters. The molecule has 0 fully saturated rings. The third kappa shape index (κ3) is 4.14. The first-order chi connectivity index (χ1) is 8.43. The minimum absolute atomic E-state index is 0.546. The molecule has 0 atom stereocenters. The molecule has 1 heterocycles. The van der Waals surface area contributed by atoms with Gasteiger partial charge in [-0.05, 0) is 43.6 Å². The lowest BCUT2D eigenvalue weighted by molar-refractivity contribution is 0.182. The van der Waals surface area contributed by atoms with Crippen LogP contribution < -0.4 is 11.1 Å². The maximum Gasteiger partial charge on any atom is 0.0750 e. The number of nitrogens with two attached hydrogens (primary N) is 1. The van der Waals surface area contributed by atoms with Gasteiger partial charge in [-0.1, -0.05) is 0 Å². The summed E-state index contributed by atoms with van der Waals surface area (Å²) in [5, 5.41) is 3.37. The van der Waals surface area contributed by atoms with Crippen LogP contribution in [-0.4, -0.2) is 35.1 Å². The van der Waals surface area contributed by atoms with Crippen molar-refractivity contribution in [2.24, 2.45) is 0 Å². The van der Waals surface area contributed by atoms with Gasteiger partial charge in [-0.2, -0.15) is 0 Å². The van der Waals surface area contributed by atoms with Crippen LogP contribution in [-0.2, 0) is 0 Å². The molecule has 18 heavy (non-hydrogen) atoms. The summed E-state index contributed by atoms with van der Waals surface area (Å²) < 4.78 is 0.906. The fraction of sp³-hybridized carbons (Fsp3) is 0.615. The van der Waals surface area contributed by atoms with Crippen LogP contribution in [0.1, 0.15) is 27.7 Å². The summed E-state index contributed by atoms with van der Waals surface area (Å²) >= 11 is 3.45. The van der Waals surface area contributed by atoms with E-state index in [9.17, 15) is 0 Å². The highest BCUT2D eigenvalue weighted by atomic mass is 79.9. The van der Waals surface area contributed by atoms with E-state index in [2.05, 4.69) is 58.8 Å². The molecule has 0 aromatic carbocycles. The summed E-state index contributed by atoms with van der Waals surface area (Å²) in [6.45, 7) is 10.7. The number of aromatic nitrogens is 1. The molecule has 0 aliphatic heterocycles. The molecule has 4 nitrogen and oxygen atoms in total. The highest BCUT2D eigenvalue weighted by molar-refractivity contribution is 9.10. The fourth-order valence-electron chi connectivity index (χ4n) is 2.06. The molecule has 102 valence electrons. The first-order valence-corrected chi connectivity index (χ1v) is 7.11. The third-order valence-electron chi connectivity index (χ3n) is 2.93. The number of halogens is 1. The maximum atomic E-state index is 5.89. The number of hydrogen-bond acceptors (Lipinski definition) is 4. The Kier molecular flexibility index (Phi) is 5.88. The Balaban J connectivity index is 2.55. The number of pyridine rings is 1. The van der Waals surface area contributed by atoms with Crippen molar-refractivity contribution in [3.8, 4) is 0 Å². The molecule has 0 saturated carbocycles. The lowest BCUT2D eigenvalue weighted by Crippen LogP contribution is -2.40. The van der Waals surface area contributed by atoms with Gasteiger partial charge in [-0.25, -0.2) is 0 Å². The second-order valence-electron chi connectivity index (χ2n) is 4.94. The van der Waals surface area contributed by atoms with Crippen LogP contribution in [0.5, 0.6) is 0 Å². The third-order valence-corrected chi connectivity index (χ3v) is 3.53. The number of nitrogens with zero attached hydrogens (tertiary/aromatic N) is 2. The lowest BCUT2D eigenvalue weighted by Gasteiger charge is -2.30. The minimum Gasteiger partial charge on any atom is -0.396 e. The summed E-state index contributed by atoms with van der Waals surface area (Å²) in [4.78, 5) is 6.46. The van der Waals surface area contributed by atoms with Gasteiger partial charge in [0.25, 0.3) is 0 Å². The van der Waals surface area contributed by atoms with E-state index < -0.39 is 0 Å². The van der Waals surface area contributed by atoms with E-state index in [-0.39, 0.29) is 0 Å². The van der Waals surface area contributed by atoms with Crippen molar-refractivity contribution in [1.82, 2.24) is 9.88 Å². The summed E-state index contributed by atoms with van der Waals surface area (Å²) in [6, 6.07) is 1.09. The van der Waals surface area contributed by atoms with Gasteiger partial charge >= 0.3 is 0 Å². The first kappa shape index (κ1) is 15.2. The first-order valence-electron chi connectivity index (χ1n) is 6.32. The van der Waals surface area contributed by atoms with E-state index in [0.717, 1.165) is 23.2 Å². The van der Waals surface area contributed by atoms with E-state index >= 15 is 0 Å². The van der Waals surface area contributed by atoms with Gasteiger partial charge in [0, 0.05) is 31.4 Å². The summed E-state index contributed by atoms with van der Waals surface area (Å²) in [5.74, 6) is 0. The lowest BCUT2D eigenvalue weighted by atomic mass is 10.2. The van der Waals surface area contributed by atoms with Crippen LogP contribution >= 0.6 is 15.9 Å². The average Bonchev–Trinajstić information content (AvgIpc) is 2.26. The molecule has 3 N–H and O–H groups in total. The molecule has 0 saturated heterocycles. The molecule has 0 aliphatic carbocycles. The van der Waals surface area contributed by atoms with Crippen molar-refractivity contribution in [2.75, 3.05) is 24.1 Å². The topological polar surface area (TPSA) is 54.2 Å². The Labute approximate surface area is 118 Å². The molecule has 1 rings (SSSR count). The zero-order valence-electron chi connectivity index (χ0n) is 11.6. The Bertz CT molecular complexity index is 351. The normalized spacial score (nSPS) is 11.6. The zero-order chi connectivity index (χ0) is 13.7. The molecular formula is C13H23BrN4. The van der Waals surface area contributed by atoms with Crippen LogP contribution in [0.15, 0.2) is 16.9 Å². The number of hydrogen-bond donors (Lipinski definition) is 2. The van der Waals surface area contributed by atoms with Gasteiger partial charge in [0.2, 0.25) is 0 Å². The van der Waals surface area contributed by atoms with E-state index in [1.165, 1.54) is 0 Å². The second-order valence-corrected chi connectivity index (χ2v) is 5.79. The Morgan fingerprint density at radius 2 is 1.89 bits per heavy atom. The molecule has 0 bridgehead atoms. The van der Waals surface area contributed by atoms with Crippen LogP contribution in [0.4, 0.5) is 11.4 Å². The number of nitrogens with one attached hydrogen (secondary N) is 1. The predicted octanol–water partition coefficient (Wildman–Crippen LogP) is 2.96. The van der Waals surface area contributed by atoms with Crippen LogP contribution in [0.25, 0.3) is 0 Å². The van der Waals surface area contributed by atoms with Crippen molar-refractivity contribution in [3.63, 3.8) is 0 Å². The Morgan fingerprint density at radius 3 is 2.39 bits per heavy atom. The summed E-state index contributed by atoms with van der Waals surface area (Å²) in [7, 11) is 0. The smallest absolute Gasteiger partial charge is 0.0750 e.